The molecule has 0 aliphatic heterocycles. The number of hydrogen-bond donors (Lipinski definition) is 0. The molecule has 1 fully saturated rings. The second-order valence-corrected chi connectivity index (χ2v) is 10.1. The second kappa shape index (κ2) is 14.3. The van der Waals surface area contributed by atoms with Crippen LogP contribution in [0.5, 0.6) is 0 Å². The van der Waals surface area contributed by atoms with E-state index in [2.05, 4.69) is 102 Å². The van der Waals surface area contributed by atoms with Gasteiger partial charge >= 0.3 is 49.5 Å². The third-order valence-corrected chi connectivity index (χ3v) is 6.66. The van der Waals surface area contributed by atoms with Crippen LogP contribution >= 0.6 is 0 Å². The fourth-order valence-electron chi connectivity index (χ4n) is 3.92. The molecule has 5 rings (SSSR count). The van der Waals surface area contributed by atoms with Crippen LogP contribution in [0, 0.1) is 6.08 Å². The Morgan fingerprint density at radius 1 is 0.812 bits per heavy atom. The van der Waals surface area contributed by atoms with Crippen LogP contribution in [0.15, 0.2) is 60.7 Å². The zero-order valence-corrected chi connectivity index (χ0v) is 22.8. The van der Waals surface area contributed by atoms with Gasteiger partial charge in [-0.2, -0.15) is 6.08 Å². The Labute approximate surface area is 218 Å². The van der Waals surface area contributed by atoms with Gasteiger partial charge in [-0.15, -0.1) is 46.2 Å². The predicted molar refractivity (Wildman–Crippen MR) is 130 cm³/mol. The van der Waals surface area contributed by atoms with Crippen molar-refractivity contribution in [1.82, 2.24) is 0 Å². The quantitative estimate of drug-likeness (QED) is 0.374. The third kappa shape index (κ3) is 8.07. The number of benzene rings is 2. The molecule has 0 amide bonds. The molecule has 2 aliphatic rings. The number of halogens is 2. The Morgan fingerprint density at radius 2 is 1.31 bits per heavy atom. The molecule has 3 heteroatoms. The van der Waals surface area contributed by atoms with E-state index in [0.717, 1.165) is 6.42 Å². The summed E-state index contributed by atoms with van der Waals surface area (Å²) in [6.45, 7) is 9.00. The molecule has 0 saturated heterocycles. The van der Waals surface area contributed by atoms with E-state index in [9.17, 15) is 0 Å². The Bertz CT molecular complexity index is 973. The van der Waals surface area contributed by atoms with Crippen molar-refractivity contribution >= 4 is 25.4 Å². The van der Waals surface area contributed by atoms with Crippen molar-refractivity contribution in [1.29, 1.82) is 0 Å². The first-order chi connectivity index (χ1) is 14.5. The van der Waals surface area contributed by atoms with Crippen molar-refractivity contribution in [3.05, 3.63) is 77.9 Å². The van der Waals surface area contributed by atoms with Crippen LogP contribution in [0.2, 0.25) is 0 Å². The molecule has 170 valence electrons. The maximum atomic E-state index is 2.99. The molecule has 0 nitrogen and oxygen atoms in total. The van der Waals surface area contributed by atoms with Gasteiger partial charge in [0.25, 0.3) is 0 Å². The molecule has 1 saturated carbocycles. The minimum absolute atomic E-state index is 0. The first-order valence-electron chi connectivity index (χ1n) is 11.4. The van der Waals surface area contributed by atoms with Crippen LogP contribution in [0.3, 0.4) is 0 Å². The average Bonchev–Trinajstić information content (AvgIpc) is 3.50. The second-order valence-electron chi connectivity index (χ2n) is 8.96. The molecular formula is C29H34Cl2Ti-2. The Kier molecular flexibility index (Phi) is 12.9. The first kappa shape index (κ1) is 29.0. The molecule has 3 aromatic carbocycles. The van der Waals surface area contributed by atoms with Crippen LogP contribution in [0.25, 0.3) is 21.5 Å². The monoisotopic (exact) mass is 500 g/mol. The summed E-state index contributed by atoms with van der Waals surface area (Å²) in [5.41, 5.74) is 2.85. The summed E-state index contributed by atoms with van der Waals surface area (Å²) in [6.07, 6.45) is 15.7. The van der Waals surface area contributed by atoms with E-state index in [4.69, 9.17) is 0 Å². The van der Waals surface area contributed by atoms with E-state index in [-0.39, 0.29) is 24.8 Å². The fraction of sp³-hybridized carbons (Fsp3) is 0.379. The summed E-state index contributed by atoms with van der Waals surface area (Å²) in [6, 6.07) is 16.1. The van der Waals surface area contributed by atoms with Crippen LogP contribution in [0.1, 0.15) is 82.8 Å². The minimum atomic E-state index is 0. The van der Waals surface area contributed by atoms with E-state index in [1.165, 1.54) is 58.4 Å². The van der Waals surface area contributed by atoms with Gasteiger partial charge in [-0.25, -0.2) is 12.2 Å². The SMILES string of the molecule is CC(C)c1ccc2c(c1)[cH-]c1cc(C(C)C)ccc12.[C-]1=CC=CC1.[Cl-].[Cl-].[Ti+2]=[C]1CCCC1. The zero-order chi connectivity index (χ0) is 21.5. The molecule has 32 heavy (non-hydrogen) atoms. The first-order valence-corrected chi connectivity index (χ1v) is 12.1. The normalized spacial score (nSPS) is 14.2. The Hall–Kier alpha value is -1.05. The molecule has 0 heterocycles. The standard InChI is InChI=1S/C19H21.C5H8.C5H5.2ClH.Ti/c1-12(2)14-5-7-18-16(9-14)11-17-10-15(13(3)4)6-8-19(17)18;2*1-2-4-5-3-1;;;/h5-13H,1-4H3;1-4H2;1-3H,4H2;2*1H;/q-1;;-1;;;+2/p-2. The summed E-state index contributed by atoms with van der Waals surface area (Å²) in [7, 11) is 0. The van der Waals surface area contributed by atoms with Gasteiger partial charge in [-0.05, 0) is 11.8 Å². The predicted octanol–water partition coefficient (Wildman–Crippen LogP) is 2.55. The molecule has 0 N–H and O–H groups in total. The molecule has 0 bridgehead atoms. The van der Waals surface area contributed by atoms with Crippen molar-refractivity contribution in [2.75, 3.05) is 0 Å². The molecule has 0 spiro atoms. The fourth-order valence-corrected chi connectivity index (χ4v) is 4.47. The number of hydrogen-bond acceptors (Lipinski definition) is 0. The summed E-state index contributed by atoms with van der Waals surface area (Å²) in [5, 5.41) is 5.52. The molecule has 3 aromatic rings. The van der Waals surface area contributed by atoms with Gasteiger partial charge in [0, 0.05) is 0 Å². The van der Waals surface area contributed by atoms with Crippen LogP contribution < -0.4 is 24.8 Å². The van der Waals surface area contributed by atoms with Gasteiger partial charge in [-0.1, -0.05) is 63.1 Å². The number of rotatable bonds is 2. The van der Waals surface area contributed by atoms with Crippen molar-refractivity contribution in [3.8, 4) is 0 Å². The van der Waals surface area contributed by atoms with Crippen LogP contribution in [0.4, 0.5) is 0 Å². The van der Waals surface area contributed by atoms with Gasteiger partial charge < -0.3 is 24.8 Å². The van der Waals surface area contributed by atoms with Crippen LogP contribution in [-0.2, 0) is 20.0 Å². The van der Waals surface area contributed by atoms with Gasteiger partial charge in [0.05, 0.1) is 0 Å². The van der Waals surface area contributed by atoms with Crippen molar-refractivity contribution in [2.45, 2.75) is 71.6 Å². The van der Waals surface area contributed by atoms with E-state index in [1.807, 2.05) is 12.2 Å². The van der Waals surface area contributed by atoms with E-state index >= 15 is 0 Å². The van der Waals surface area contributed by atoms with Crippen molar-refractivity contribution in [3.63, 3.8) is 0 Å². The summed E-state index contributed by atoms with van der Waals surface area (Å²) in [5.74, 6) is 1.18. The topological polar surface area (TPSA) is 0 Å². The van der Waals surface area contributed by atoms with E-state index in [0.29, 0.717) is 11.8 Å². The summed E-state index contributed by atoms with van der Waals surface area (Å²) >= 11 is 2.26. The molecular weight excluding hydrogens is 467 g/mol. The molecule has 0 atom stereocenters. The van der Waals surface area contributed by atoms with Crippen molar-refractivity contribution < 1.29 is 44.8 Å². The third-order valence-electron chi connectivity index (χ3n) is 5.88. The number of fused-ring (bicyclic) bond motifs is 3. The molecule has 2 aliphatic carbocycles. The Morgan fingerprint density at radius 3 is 1.59 bits per heavy atom. The van der Waals surface area contributed by atoms with Crippen molar-refractivity contribution in [2.24, 2.45) is 0 Å². The zero-order valence-electron chi connectivity index (χ0n) is 19.7. The molecule has 0 radical (unpaired) electrons. The van der Waals surface area contributed by atoms with E-state index < -0.39 is 0 Å². The van der Waals surface area contributed by atoms with Crippen LogP contribution in [-0.4, -0.2) is 3.81 Å². The van der Waals surface area contributed by atoms with Gasteiger partial charge in [-0.3, -0.25) is 6.08 Å². The van der Waals surface area contributed by atoms with E-state index in [1.54, 1.807) is 3.81 Å². The number of allylic oxidation sites excluding steroid dienone is 4. The summed E-state index contributed by atoms with van der Waals surface area (Å²) < 4.78 is 1.70. The average molecular weight is 501 g/mol. The van der Waals surface area contributed by atoms with Gasteiger partial charge in [0.1, 0.15) is 0 Å². The Balaban J connectivity index is 0.000000325. The molecule has 0 aromatic heterocycles. The summed E-state index contributed by atoms with van der Waals surface area (Å²) in [4.78, 5) is 0. The molecule has 0 unspecified atom stereocenters. The van der Waals surface area contributed by atoms with Gasteiger partial charge in [0.2, 0.25) is 0 Å². The maximum absolute atomic E-state index is 2.99. The van der Waals surface area contributed by atoms with Gasteiger partial charge in [0.15, 0.2) is 0 Å².